The number of aliphatic carboxylic acids is 1. The molecule has 0 heterocycles. The Bertz CT molecular complexity index is 938. The lowest BCUT2D eigenvalue weighted by Gasteiger charge is -2.20. The number of ether oxygens (including phenoxy) is 1. The lowest BCUT2D eigenvalue weighted by molar-refractivity contribution is -0.135. The van der Waals surface area contributed by atoms with Crippen LogP contribution >= 0.6 is 0 Å². The smallest absolute Gasteiger partial charge is 0.308 e. The molecular weight excluding hydrogens is 418 g/mol. The van der Waals surface area contributed by atoms with Crippen LogP contribution in [-0.2, 0) is 16.2 Å². The molecule has 0 atom stereocenters. The van der Waals surface area contributed by atoms with Gasteiger partial charge >= 0.3 is 5.97 Å². The Morgan fingerprint density at radius 2 is 1.85 bits per heavy atom. The van der Waals surface area contributed by atoms with E-state index in [4.69, 9.17) is 9.84 Å². The second-order valence-electron chi connectivity index (χ2n) is 8.14. The molecule has 0 saturated carbocycles. The van der Waals surface area contributed by atoms with Crippen molar-refractivity contribution in [2.75, 3.05) is 13.7 Å². The van der Waals surface area contributed by atoms with E-state index in [9.17, 15) is 9.59 Å². The van der Waals surface area contributed by atoms with Gasteiger partial charge in [-0.25, -0.2) is 0 Å². The normalized spacial score (nSPS) is 11.9. The van der Waals surface area contributed by atoms with Crippen molar-refractivity contribution in [2.45, 2.75) is 39.7 Å². The fourth-order valence-corrected chi connectivity index (χ4v) is 3.04. The highest BCUT2D eigenvalue weighted by Gasteiger charge is 2.11. The molecule has 0 amide bonds. The van der Waals surface area contributed by atoms with Gasteiger partial charge in [-0.2, -0.15) is 5.10 Å². The maximum atomic E-state index is 11.9. The van der Waals surface area contributed by atoms with Crippen LogP contribution in [0, 0.1) is 5.92 Å². The number of hydrogen-bond donors (Lipinski definition) is 2. The van der Waals surface area contributed by atoms with E-state index < -0.39 is 5.97 Å². The van der Waals surface area contributed by atoms with E-state index >= 15 is 0 Å². The van der Waals surface area contributed by atoms with Crippen LogP contribution in [0.5, 0.6) is 5.75 Å². The molecule has 2 aromatic carbocycles. The molecule has 176 valence electrons. The predicted molar refractivity (Wildman–Crippen MR) is 131 cm³/mol. The van der Waals surface area contributed by atoms with Gasteiger partial charge in [-0.3, -0.25) is 14.6 Å². The topological polar surface area (TPSA) is 91.2 Å². The molecule has 0 aromatic heterocycles. The summed E-state index contributed by atoms with van der Waals surface area (Å²) in [6, 6.07) is 17.6. The van der Waals surface area contributed by atoms with Gasteiger partial charge < -0.3 is 15.2 Å². The van der Waals surface area contributed by atoms with Crippen molar-refractivity contribution in [1.29, 1.82) is 0 Å². The minimum absolute atomic E-state index is 0.147. The first kappa shape index (κ1) is 25.6. The highest BCUT2D eigenvalue weighted by atomic mass is 16.5. The van der Waals surface area contributed by atoms with E-state index in [1.54, 1.807) is 12.1 Å². The zero-order valence-electron chi connectivity index (χ0n) is 19.5. The number of aldehydes is 1. The predicted octanol–water partition coefficient (Wildman–Crippen LogP) is 4.55. The summed E-state index contributed by atoms with van der Waals surface area (Å²) in [5.41, 5.74) is 3.38. The largest absolute Gasteiger partial charge is 0.489 e. The number of carbonyl (C=O) groups is 2. The van der Waals surface area contributed by atoms with Crippen molar-refractivity contribution < 1.29 is 19.4 Å². The lowest BCUT2D eigenvalue weighted by atomic mass is 9.99. The van der Waals surface area contributed by atoms with Crippen LogP contribution in [0.2, 0.25) is 0 Å². The van der Waals surface area contributed by atoms with Crippen LogP contribution in [-0.4, -0.2) is 42.3 Å². The van der Waals surface area contributed by atoms with Crippen molar-refractivity contribution in [3.8, 4) is 5.75 Å². The summed E-state index contributed by atoms with van der Waals surface area (Å²) >= 11 is 0. The van der Waals surface area contributed by atoms with E-state index in [0.717, 1.165) is 35.3 Å². The third kappa shape index (κ3) is 9.60. The molecule has 2 aromatic rings. The molecule has 0 unspecified atom stereocenters. The fourth-order valence-electron chi connectivity index (χ4n) is 3.04. The molecule has 0 radical (unpaired) electrons. The Labute approximate surface area is 195 Å². The van der Waals surface area contributed by atoms with Gasteiger partial charge in [0, 0.05) is 24.5 Å². The average Bonchev–Trinajstić information content (AvgIpc) is 2.80. The van der Waals surface area contributed by atoms with Crippen LogP contribution in [0.3, 0.4) is 0 Å². The molecular formula is C26H33N3O4. The summed E-state index contributed by atoms with van der Waals surface area (Å²) in [7, 11) is 1.73. The maximum absolute atomic E-state index is 11.9. The van der Waals surface area contributed by atoms with Gasteiger partial charge in [0.2, 0.25) is 0 Å². The number of carboxylic acids is 1. The summed E-state index contributed by atoms with van der Waals surface area (Å²) in [5.74, 6) is 0.276. The number of allylic oxidation sites excluding steroid dienone is 1. The van der Waals surface area contributed by atoms with E-state index in [2.05, 4.69) is 24.3 Å². The first-order valence-corrected chi connectivity index (χ1v) is 11.0. The fraction of sp³-hybridized carbons (Fsp3) is 0.346. The molecule has 0 saturated heterocycles. The van der Waals surface area contributed by atoms with Gasteiger partial charge in [0.25, 0.3) is 0 Å². The number of hydrogen-bond acceptors (Lipinski definition) is 6. The Kier molecular flexibility index (Phi) is 10.7. The van der Waals surface area contributed by atoms with E-state index in [-0.39, 0.29) is 6.42 Å². The highest BCUT2D eigenvalue weighted by molar-refractivity contribution is 5.87. The van der Waals surface area contributed by atoms with Crippen LogP contribution in [0.15, 0.2) is 65.3 Å². The van der Waals surface area contributed by atoms with E-state index in [1.807, 2.05) is 54.6 Å². The first-order valence-electron chi connectivity index (χ1n) is 11.0. The van der Waals surface area contributed by atoms with Crippen molar-refractivity contribution in [2.24, 2.45) is 11.0 Å². The Hall–Kier alpha value is -3.61. The van der Waals surface area contributed by atoms with Gasteiger partial charge in [-0.15, -0.1) is 0 Å². The third-order valence-electron chi connectivity index (χ3n) is 4.88. The molecule has 0 aliphatic carbocycles. The minimum atomic E-state index is -0.938. The molecule has 2 rings (SSSR count). The minimum Gasteiger partial charge on any atom is -0.489 e. The Balaban J connectivity index is 2.15. The van der Waals surface area contributed by atoms with Crippen LogP contribution in [0.1, 0.15) is 44.2 Å². The van der Waals surface area contributed by atoms with Crippen molar-refractivity contribution >= 4 is 24.2 Å². The third-order valence-corrected chi connectivity index (χ3v) is 4.88. The quantitative estimate of drug-likeness (QED) is 0.144. The SMILES string of the molecule is CC(C)CC/C(C=O)=C(/NCN(C)/N=C\CC(=O)O)c1ccc(OCc2ccccc2)cc1. The monoisotopic (exact) mass is 451 g/mol. The van der Waals surface area contributed by atoms with Crippen molar-refractivity contribution in [1.82, 2.24) is 10.3 Å². The van der Waals surface area contributed by atoms with Crippen LogP contribution in [0.25, 0.3) is 5.70 Å². The summed E-state index contributed by atoms with van der Waals surface area (Å²) in [4.78, 5) is 22.6. The standard InChI is InChI=1S/C26H33N3O4/c1-20(2)9-10-23(17-30)26(27-19-29(3)28-16-15-25(31)32)22-11-13-24(14-12-22)33-18-21-7-5-4-6-8-21/h4-8,11-14,16-17,20,27H,9-10,15,18-19H2,1-3H3,(H,31,32)/b26-23-,28-16-. The van der Waals surface area contributed by atoms with E-state index in [0.29, 0.717) is 31.2 Å². The maximum Gasteiger partial charge on any atom is 0.308 e. The van der Waals surface area contributed by atoms with Crippen molar-refractivity contribution in [3.63, 3.8) is 0 Å². The van der Waals surface area contributed by atoms with Gasteiger partial charge in [-0.05, 0) is 54.2 Å². The number of benzene rings is 2. The number of nitrogens with zero attached hydrogens (tertiary/aromatic N) is 2. The summed E-state index contributed by atoms with van der Waals surface area (Å²) < 4.78 is 5.87. The molecule has 0 bridgehead atoms. The number of nitrogens with one attached hydrogen (secondary N) is 1. The molecule has 0 aliphatic rings. The average molecular weight is 452 g/mol. The summed E-state index contributed by atoms with van der Waals surface area (Å²) in [6.45, 7) is 5.05. The Morgan fingerprint density at radius 3 is 2.45 bits per heavy atom. The summed E-state index contributed by atoms with van der Waals surface area (Å²) in [5, 5.41) is 17.7. The Morgan fingerprint density at radius 1 is 1.15 bits per heavy atom. The number of carboxylic acid groups (broad SMARTS) is 1. The van der Waals surface area contributed by atoms with Gasteiger partial charge in [0.15, 0.2) is 0 Å². The summed E-state index contributed by atoms with van der Waals surface area (Å²) in [6.07, 6.45) is 3.64. The number of carbonyl (C=O) groups excluding carboxylic acids is 1. The van der Waals surface area contributed by atoms with Crippen LogP contribution < -0.4 is 10.1 Å². The first-order chi connectivity index (χ1) is 15.9. The number of hydrazone groups is 1. The molecule has 0 fully saturated rings. The molecule has 7 heteroatoms. The van der Waals surface area contributed by atoms with Crippen LogP contribution in [0.4, 0.5) is 0 Å². The molecule has 33 heavy (non-hydrogen) atoms. The lowest BCUT2D eigenvalue weighted by Crippen LogP contribution is -2.27. The molecule has 2 N–H and O–H groups in total. The zero-order chi connectivity index (χ0) is 24.1. The van der Waals surface area contributed by atoms with Gasteiger partial charge in [0.05, 0.1) is 6.42 Å². The van der Waals surface area contributed by atoms with Gasteiger partial charge in [0.1, 0.15) is 25.3 Å². The van der Waals surface area contributed by atoms with Gasteiger partial charge in [-0.1, -0.05) is 44.2 Å². The highest BCUT2D eigenvalue weighted by Crippen LogP contribution is 2.23. The van der Waals surface area contributed by atoms with Crippen molar-refractivity contribution in [3.05, 3.63) is 71.3 Å². The second kappa shape index (κ2) is 13.7. The molecule has 0 spiro atoms. The molecule has 0 aliphatic heterocycles. The second-order valence-corrected chi connectivity index (χ2v) is 8.14. The number of rotatable bonds is 14. The molecule has 7 nitrogen and oxygen atoms in total. The van der Waals surface area contributed by atoms with E-state index in [1.165, 1.54) is 6.21 Å². The zero-order valence-corrected chi connectivity index (χ0v) is 19.5.